The Morgan fingerprint density at radius 2 is 0.643 bits per heavy atom. The van der Waals surface area contributed by atoms with Gasteiger partial charge in [-0.1, -0.05) is 206 Å². The Hall–Kier alpha value is -11.1. The fraction of sp³-hybridized carbons (Fsp3) is 0. The van der Waals surface area contributed by atoms with Crippen molar-refractivity contribution in [2.24, 2.45) is 0 Å². The van der Waals surface area contributed by atoms with E-state index in [1.54, 1.807) is 0 Å². The highest BCUT2D eigenvalue weighted by Crippen LogP contribution is 2.49. The molecule has 0 N–H and O–H groups in total. The van der Waals surface area contributed by atoms with Gasteiger partial charge < -0.3 is 23.2 Å². The van der Waals surface area contributed by atoms with Crippen molar-refractivity contribution in [1.29, 1.82) is 0 Å². The maximum Gasteiger partial charge on any atom is 0.252 e. The molecule has 6 heteroatoms. The molecule has 2 aliphatic rings. The van der Waals surface area contributed by atoms with Gasteiger partial charge in [0, 0.05) is 66.4 Å². The molecule has 0 radical (unpaired) electrons. The van der Waals surface area contributed by atoms with E-state index in [0.717, 1.165) is 128 Å². The van der Waals surface area contributed by atoms with Crippen LogP contribution in [-0.2, 0) is 0 Å². The summed E-state index contributed by atoms with van der Waals surface area (Å²) >= 11 is 0. The van der Waals surface area contributed by atoms with Crippen molar-refractivity contribution in [2.45, 2.75) is 0 Å². The summed E-state index contributed by atoms with van der Waals surface area (Å²) in [6.07, 6.45) is 0. The smallest absolute Gasteiger partial charge is 0.252 e. The van der Waals surface area contributed by atoms with Crippen LogP contribution in [0.5, 0.6) is 0 Å². The average Bonchev–Trinajstić information content (AvgIpc) is 1.75. The first kappa shape index (κ1) is 46.7. The van der Waals surface area contributed by atoms with E-state index in [2.05, 4.69) is 306 Å². The van der Waals surface area contributed by atoms with Gasteiger partial charge in [-0.05, 0) is 146 Å². The maximum atomic E-state index is 6.55. The molecule has 84 heavy (non-hydrogen) atoms. The van der Waals surface area contributed by atoms with Crippen LogP contribution in [-0.4, -0.2) is 11.3 Å². The average molecular weight is 1070 g/mol. The largest absolute Gasteiger partial charge is 0.456 e. The van der Waals surface area contributed by atoms with E-state index >= 15 is 0 Å². The monoisotopic (exact) mass is 1070 g/mol. The fourth-order valence-corrected chi connectivity index (χ4v) is 14.1. The predicted molar refractivity (Wildman–Crippen MR) is 351 cm³/mol. The molecule has 5 nitrogen and oxygen atoms in total. The Bertz CT molecular complexity index is 5000. The highest BCUT2D eigenvalue weighted by Gasteiger charge is 2.44. The van der Waals surface area contributed by atoms with E-state index in [-0.39, 0.29) is 6.71 Å². The summed E-state index contributed by atoms with van der Waals surface area (Å²) in [7, 11) is 0. The summed E-state index contributed by atoms with van der Waals surface area (Å²) in [6, 6.07) is 107. The highest BCUT2D eigenvalue weighted by molar-refractivity contribution is 7.00. The molecule has 0 spiro atoms. The van der Waals surface area contributed by atoms with E-state index < -0.39 is 0 Å². The lowest BCUT2D eigenvalue weighted by Gasteiger charge is -2.44. The molecule has 13 aromatic carbocycles. The summed E-state index contributed by atoms with van der Waals surface area (Å²) in [6.45, 7) is -0.161. The third-order valence-corrected chi connectivity index (χ3v) is 17.8. The molecule has 0 saturated heterocycles. The molecule has 0 amide bonds. The minimum atomic E-state index is -0.161. The Labute approximate surface area is 484 Å². The van der Waals surface area contributed by atoms with Crippen molar-refractivity contribution in [3.63, 3.8) is 0 Å². The number of rotatable bonds is 7. The molecule has 0 saturated carbocycles. The van der Waals surface area contributed by atoms with Crippen LogP contribution in [0.3, 0.4) is 0 Å². The Morgan fingerprint density at radius 1 is 0.262 bits per heavy atom. The van der Waals surface area contributed by atoms with Gasteiger partial charge in [0.15, 0.2) is 0 Å². The molecular weight excluding hydrogens is 1020 g/mol. The normalized spacial score (nSPS) is 12.7. The third-order valence-electron chi connectivity index (χ3n) is 17.8. The van der Waals surface area contributed by atoms with Crippen molar-refractivity contribution in [3.05, 3.63) is 291 Å². The van der Waals surface area contributed by atoms with Crippen molar-refractivity contribution >= 4 is 123 Å². The van der Waals surface area contributed by atoms with Crippen LogP contribution >= 0.6 is 0 Å². The van der Waals surface area contributed by atoms with E-state index in [9.17, 15) is 0 Å². The molecule has 0 atom stereocenters. The van der Waals surface area contributed by atoms with Crippen molar-refractivity contribution in [2.75, 3.05) is 9.80 Å². The van der Waals surface area contributed by atoms with E-state index in [0.29, 0.717) is 0 Å². The zero-order valence-corrected chi connectivity index (χ0v) is 45.4. The number of benzene rings is 13. The SMILES string of the molecule is c1ccc(-c2ccc(N3c4cc(-c5cccc6oc7ccccc7c56)ccc4B4c5ccc(-c6cccc7oc8ccccc8c67)cc5N(c5ccc(-c6ccccc6)cc5)c5cc(-n6c7ccccc7c7ccccc76)cc3c54)cc2)cc1. The molecule has 0 aliphatic carbocycles. The van der Waals surface area contributed by atoms with Gasteiger partial charge in [0.1, 0.15) is 22.3 Å². The summed E-state index contributed by atoms with van der Waals surface area (Å²) in [5, 5.41) is 6.87. The first-order valence-corrected chi connectivity index (χ1v) is 28.8. The van der Waals surface area contributed by atoms with Gasteiger partial charge in [0.05, 0.1) is 16.7 Å². The number of furan rings is 2. The second kappa shape index (κ2) is 18.2. The first-order valence-electron chi connectivity index (χ1n) is 28.8. The van der Waals surface area contributed by atoms with Gasteiger partial charge in [-0.3, -0.25) is 0 Å². The number of nitrogens with zero attached hydrogens (tertiary/aromatic N) is 3. The standard InChI is InChI=1S/C78H48BN3O2/c1-3-17-49(18-4-1)51-33-39-55(40-34-51)80-68-45-53(58-25-15-31-74-76(58)62-23-9-13-29-72(62)83-74)37-43-64(68)79-65-44-38-54(59-26-16-32-75-77(59)63-24-10-14-30-73(63)84-75)46-69(65)81(56-41-35-52(36-42-56)50-19-5-2-6-20-50)71-48-57(47-70(80)78(71)79)82-66-27-11-7-21-60(66)61-22-8-12-28-67(61)82/h1-48H. The van der Waals surface area contributed by atoms with Crippen LogP contribution in [0.4, 0.5) is 34.1 Å². The fourth-order valence-electron chi connectivity index (χ4n) is 14.1. The zero-order valence-electron chi connectivity index (χ0n) is 45.4. The molecule has 0 bridgehead atoms. The Morgan fingerprint density at radius 3 is 1.11 bits per heavy atom. The van der Waals surface area contributed by atoms with E-state index in [1.807, 2.05) is 0 Å². The second-order valence-corrected chi connectivity index (χ2v) is 22.3. The van der Waals surface area contributed by atoms with Crippen LogP contribution in [0.25, 0.3) is 116 Å². The number of fused-ring (bicyclic) bond motifs is 13. The summed E-state index contributed by atoms with van der Waals surface area (Å²) in [5.41, 5.74) is 26.4. The minimum Gasteiger partial charge on any atom is -0.456 e. The zero-order chi connectivity index (χ0) is 55.0. The van der Waals surface area contributed by atoms with Crippen LogP contribution in [0.1, 0.15) is 0 Å². The molecule has 390 valence electrons. The number of aromatic nitrogens is 1. The molecule has 18 rings (SSSR count). The lowest BCUT2D eigenvalue weighted by molar-refractivity contribution is 0.668. The number of hydrogen-bond donors (Lipinski definition) is 0. The molecule has 0 unspecified atom stereocenters. The summed E-state index contributed by atoms with van der Waals surface area (Å²) in [5.74, 6) is 0. The second-order valence-electron chi connectivity index (χ2n) is 22.3. The summed E-state index contributed by atoms with van der Waals surface area (Å²) < 4.78 is 15.6. The molecule has 16 aromatic rings. The molecule has 0 fully saturated rings. The van der Waals surface area contributed by atoms with Crippen LogP contribution in [0, 0.1) is 0 Å². The maximum absolute atomic E-state index is 6.55. The number of anilines is 6. The topological polar surface area (TPSA) is 37.7 Å². The number of para-hydroxylation sites is 4. The number of hydrogen-bond acceptors (Lipinski definition) is 4. The Balaban J connectivity index is 0.954. The van der Waals surface area contributed by atoms with Gasteiger partial charge in [0.25, 0.3) is 6.71 Å². The van der Waals surface area contributed by atoms with Crippen molar-refractivity contribution in [1.82, 2.24) is 4.57 Å². The first-order chi connectivity index (χ1) is 41.7. The van der Waals surface area contributed by atoms with Gasteiger partial charge in [-0.2, -0.15) is 0 Å². The molecule has 3 aromatic heterocycles. The van der Waals surface area contributed by atoms with Crippen molar-refractivity contribution in [3.8, 4) is 50.2 Å². The third kappa shape index (κ3) is 6.98. The van der Waals surface area contributed by atoms with Crippen LogP contribution in [0.2, 0.25) is 0 Å². The lowest BCUT2D eigenvalue weighted by Crippen LogP contribution is -2.61. The highest BCUT2D eigenvalue weighted by atomic mass is 16.3. The predicted octanol–water partition coefficient (Wildman–Crippen LogP) is 19.3. The van der Waals surface area contributed by atoms with Gasteiger partial charge in [-0.25, -0.2) is 0 Å². The van der Waals surface area contributed by atoms with E-state index in [4.69, 9.17) is 8.83 Å². The van der Waals surface area contributed by atoms with Crippen LogP contribution in [0.15, 0.2) is 300 Å². The van der Waals surface area contributed by atoms with Gasteiger partial charge in [0.2, 0.25) is 0 Å². The Kier molecular flexibility index (Phi) is 10.1. The van der Waals surface area contributed by atoms with Gasteiger partial charge >= 0.3 is 0 Å². The van der Waals surface area contributed by atoms with E-state index in [1.165, 1.54) is 38.3 Å². The molecular formula is C78H48BN3O2. The van der Waals surface area contributed by atoms with Crippen molar-refractivity contribution < 1.29 is 8.83 Å². The quantitative estimate of drug-likeness (QED) is 0.149. The minimum absolute atomic E-state index is 0.161. The van der Waals surface area contributed by atoms with Crippen LogP contribution < -0.4 is 26.2 Å². The lowest BCUT2D eigenvalue weighted by atomic mass is 9.33. The van der Waals surface area contributed by atoms with Gasteiger partial charge in [-0.15, -0.1) is 0 Å². The summed E-state index contributed by atoms with van der Waals surface area (Å²) in [4.78, 5) is 5.10. The molecule has 5 heterocycles. The molecule has 2 aliphatic heterocycles.